The van der Waals surface area contributed by atoms with Crippen molar-refractivity contribution in [2.24, 2.45) is 5.14 Å². The van der Waals surface area contributed by atoms with E-state index >= 15 is 0 Å². The van der Waals surface area contributed by atoms with Gasteiger partial charge in [-0.2, -0.15) is 0 Å². The van der Waals surface area contributed by atoms with E-state index in [9.17, 15) is 13.2 Å². The average molecular weight is 272 g/mol. The Hall–Kier alpha value is -1.60. The van der Waals surface area contributed by atoms with Crippen molar-refractivity contribution >= 4 is 21.7 Å². The molecule has 0 fully saturated rings. The van der Waals surface area contributed by atoms with E-state index in [0.29, 0.717) is 12.0 Å². The van der Waals surface area contributed by atoms with Gasteiger partial charge in [0.05, 0.1) is 10.5 Å². The lowest BCUT2D eigenvalue weighted by molar-refractivity contribution is 0.0696. The first kappa shape index (κ1) is 14.5. The summed E-state index contributed by atoms with van der Waals surface area (Å²) in [5.74, 6) is -1.24. The number of nitrogen functional groups attached to an aromatic ring is 1. The van der Waals surface area contributed by atoms with Crippen molar-refractivity contribution < 1.29 is 18.3 Å². The fourth-order valence-corrected chi connectivity index (χ4v) is 2.52. The lowest BCUT2D eigenvalue weighted by Gasteiger charge is -2.12. The fourth-order valence-electron chi connectivity index (χ4n) is 1.67. The van der Waals surface area contributed by atoms with Gasteiger partial charge in [-0.15, -0.1) is 0 Å². The molecule has 0 aromatic heterocycles. The van der Waals surface area contributed by atoms with Gasteiger partial charge in [0.1, 0.15) is 0 Å². The summed E-state index contributed by atoms with van der Waals surface area (Å²) in [7, 11) is -3.99. The van der Waals surface area contributed by atoms with Crippen molar-refractivity contribution in [2.75, 3.05) is 5.73 Å². The van der Waals surface area contributed by atoms with Crippen LogP contribution in [-0.2, 0) is 16.4 Å². The molecule has 0 radical (unpaired) electrons. The normalized spacial score (nSPS) is 11.4. The maximum absolute atomic E-state index is 11.5. The second-order valence-corrected chi connectivity index (χ2v) is 5.53. The Labute approximate surface area is 106 Å². The molecule has 0 saturated carbocycles. The van der Waals surface area contributed by atoms with Gasteiger partial charge in [0, 0.05) is 5.69 Å². The minimum atomic E-state index is -3.99. The summed E-state index contributed by atoms with van der Waals surface area (Å²) in [6.07, 6.45) is 2.07. The van der Waals surface area contributed by atoms with Crippen molar-refractivity contribution in [2.45, 2.75) is 31.1 Å². The maximum Gasteiger partial charge on any atom is 0.335 e. The van der Waals surface area contributed by atoms with Crippen LogP contribution in [0.4, 0.5) is 5.69 Å². The molecule has 0 amide bonds. The van der Waals surface area contributed by atoms with Crippen LogP contribution in [0.5, 0.6) is 0 Å². The van der Waals surface area contributed by atoms with E-state index in [0.717, 1.165) is 18.9 Å². The van der Waals surface area contributed by atoms with Crippen molar-refractivity contribution in [3.63, 3.8) is 0 Å². The first-order chi connectivity index (χ1) is 8.27. The van der Waals surface area contributed by atoms with Crippen LogP contribution in [-0.4, -0.2) is 19.5 Å². The molecule has 6 nitrogen and oxygen atoms in total. The molecule has 5 N–H and O–H groups in total. The number of unbranched alkanes of at least 4 members (excludes halogenated alkanes) is 1. The molecule has 0 atom stereocenters. The third-order valence-corrected chi connectivity index (χ3v) is 3.55. The number of aromatic carboxylic acids is 1. The number of rotatable bonds is 5. The summed E-state index contributed by atoms with van der Waals surface area (Å²) in [6, 6.07) is 2.31. The van der Waals surface area contributed by atoms with Crippen LogP contribution in [0, 0.1) is 0 Å². The van der Waals surface area contributed by atoms with Crippen molar-refractivity contribution in [3.8, 4) is 0 Å². The number of carboxylic acids is 1. The van der Waals surface area contributed by atoms with Gasteiger partial charge in [-0.05, 0) is 30.5 Å². The number of anilines is 1. The Kier molecular flexibility index (Phi) is 4.31. The maximum atomic E-state index is 11.5. The number of carboxylic acid groups (broad SMARTS) is 1. The molecule has 0 saturated heterocycles. The summed E-state index contributed by atoms with van der Waals surface area (Å²) in [6.45, 7) is 1.96. The second kappa shape index (κ2) is 5.36. The van der Waals surface area contributed by atoms with E-state index in [2.05, 4.69) is 0 Å². The van der Waals surface area contributed by atoms with Gasteiger partial charge in [0.25, 0.3) is 0 Å². The van der Waals surface area contributed by atoms with E-state index < -0.39 is 16.0 Å². The molecule has 0 aliphatic heterocycles. The molecule has 1 rings (SSSR count). The smallest absolute Gasteiger partial charge is 0.335 e. The van der Waals surface area contributed by atoms with Gasteiger partial charge in [-0.1, -0.05) is 13.3 Å². The minimum absolute atomic E-state index is 0.146. The summed E-state index contributed by atoms with van der Waals surface area (Å²) in [5, 5.41) is 14.0. The zero-order valence-electron chi connectivity index (χ0n) is 10.0. The van der Waals surface area contributed by atoms with E-state index in [4.69, 9.17) is 16.0 Å². The molecule has 0 heterocycles. The third kappa shape index (κ3) is 3.21. The van der Waals surface area contributed by atoms with E-state index in [-0.39, 0.29) is 16.1 Å². The Morgan fingerprint density at radius 1 is 1.39 bits per heavy atom. The van der Waals surface area contributed by atoms with Gasteiger partial charge < -0.3 is 10.8 Å². The molecule has 18 heavy (non-hydrogen) atoms. The third-order valence-electron chi connectivity index (χ3n) is 2.58. The van der Waals surface area contributed by atoms with Crippen molar-refractivity contribution in [1.82, 2.24) is 0 Å². The van der Waals surface area contributed by atoms with Crippen LogP contribution < -0.4 is 10.9 Å². The molecule has 0 aliphatic rings. The first-order valence-electron chi connectivity index (χ1n) is 5.45. The highest BCUT2D eigenvalue weighted by Gasteiger charge is 2.19. The number of carbonyl (C=O) groups is 1. The van der Waals surface area contributed by atoms with Crippen LogP contribution in [0.25, 0.3) is 0 Å². The number of hydrogen-bond acceptors (Lipinski definition) is 4. The molecule has 7 heteroatoms. The summed E-state index contributed by atoms with van der Waals surface area (Å²) in [4.78, 5) is 10.7. The molecule has 0 aliphatic carbocycles. The monoisotopic (exact) mass is 272 g/mol. The highest BCUT2D eigenvalue weighted by Crippen LogP contribution is 2.25. The van der Waals surface area contributed by atoms with Gasteiger partial charge >= 0.3 is 5.97 Å². The van der Waals surface area contributed by atoms with Crippen LogP contribution in [0.15, 0.2) is 17.0 Å². The zero-order chi connectivity index (χ0) is 13.9. The lowest BCUT2D eigenvalue weighted by Crippen LogP contribution is -2.17. The topological polar surface area (TPSA) is 123 Å². The molecule has 1 aromatic carbocycles. The quantitative estimate of drug-likeness (QED) is 0.689. The fraction of sp³-hybridized carbons (Fsp3) is 0.364. The number of primary sulfonamides is 1. The van der Waals surface area contributed by atoms with E-state index in [1.54, 1.807) is 0 Å². The molecule has 1 aromatic rings. The average Bonchev–Trinajstić information content (AvgIpc) is 2.25. The lowest BCUT2D eigenvalue weighted by atomic mass is 10.0. The minimum Gasteiger partial charge on any atom is -0.478 e. The number of hydrogen-bond donors (Lipinski definition) is 3. The highest BCUT2D eigenvalue weighted by molar-refractivity contribution is 7.89. The predicted molar refractivity (Wildman–Crippen MR) is 67.8 cm³/mol. The van der Waals surface area contributed by atoms with Crippen LogP contribution >= 0.6 is 0 Å². The van der Waals surface area contributed by atoms with Gasteiger partial charge in [0.15, 0.2) is 0 Å². The standard InChI is InChI=1S/C11H16N2O4S/c1-2-3-4-8-9(12)5-7(11(14)15)6-10(8)18(13,16)17/h5-6H,2-4,12H2,1H3,(H,14,15)(H2,13,16,17). The number of sulfonamides is 1. The number of nitrogens with two attached hydrogens (primary N) is 2. The summed E-state index contributed by atoms with van der Waals surface area (Å²) in [5.41, 5.74) is 6.07. The van der Waals surface area contributed by atoms with Crippen LogP contribution in [0.1, 0.15) is 35.7 Å². The highest BCUT2D eigenvalue weighted by atomic mass is 32.2. The predicted octanol–water partition coefficient (Wildman–Crippen LogP) is 0.957. The second-order valence-electron chi connectivity index (χ2n) is 4.00. The van der Waals surface area contributed by atoms with Gasteiger partial charge in [-0.25, -0.2) is 18.4 Å². The molecule has 0 unspecified atom stereocenters. The van der Waals surface area contributed by atoms with Crippen molar-refractivity contribution in [1.29, 1.82) is 0 Å². The molecule has 0 spiro atoms. The summed E-state index contributed by atoms with van der Waals surface area (Å²) >= 11 is 0. The Morgan fingerprint density at radius 3 is 2.44 bits per heavy atom. The Morgan fingerprint density at radius 2 is 2.00 bits per heavy atom. The van der Waals surface area contributed by atoms with Crippen molar-refractivity contribution in [3.05, 3.63) is 23.3 Å². The largest absolute Gasteiger partial charge is 0.478 e. The van der Waals surface area contributed by atoms with E-state index in [1.165, 1.54) is 6.07 Å². The summed E-state index contributed by atoms with van der Waals surface area (Å²) < 4.78 is 22.9. The van der Waals surface area contributed by atoms with E-state index in [1.807, 2.05) is 6.92 Å². The van der Waals surface area contributed by atoms with Crippen LogP contribution in [0.3, 0.4) is 0 Å². The van der Waals surface area contributed by atoms with Crippen LogP contribution in [0.2, 0.25) is 0 Å². The molecular weight excluding hydrogens is 256 g/mol. The Balaban J connectivity index is 3.45. The first-order valence-corrected chi connectivity index (χ1v) is 7.00. The molecule has 100 valence electrons. The molecular formula is C11H16N2O4S. The Bertz CT molecular complexity index is 567. The van der Waals surface area contributed by atoms with Gasteiger partial charge in [0.2, 0.25) is 10.0 Å². The zero-order valence-corrected chi connectivity index (χ0v) is 10.8. The number of benzene rings is 1. The van der Waals surface area contributed by atoms with Gasteiger partial charge in [-0.3, -0.25) is 0 Å². The SMILES string of the molecule is CCCCc1c(N)cc(C(=O)O)cc1S(N)(=O)=O. The molecule has 0 bridgehead atoms.